The van der Waals surface area contributed by atoms with Crippen LogP contribution in [0.15, 0.2) is 54.6 Å². The fourth-order valence-corrected chi connectivity index (χ4v) is 2.51. The van der Waals surface area contributed by atoms with Gasteiger partial charge < -0.3 is 0 Å². The molecule has 0 saturated heterocycles. The second-order valence-electron chi connectivity index (χ2n) is 5.35. The van der Waals surface area contributed by atoms with Crippen LogP contribution in [0.1, 0.15) is 16.8 Å². The zero-order chi connectivity index (χ0) is 14.8. The molecule has 0 aliphatic carbocycles. The van der Waals surface area contributed by atoms with E-state index in [-0.39, 0.29) is 0 Å². The molecule has 0 spiro atoms. The number of hydrogen-bond donors (Lipinski definition) is 0. The molecular formula is C19H18N2. The third-order valence-electron chi connectivity index (χ3n) is 3.66. The van der Waals surface area contributed by atoms with Gasteiger partial charge in [-0.05, 0) is 38.0 Å². The van der Waals surface area contributed by atoms with Gasteiger partial charge >= 0.3 is 0 Å². The van der Waals surface area contributed by atoms with Gasteiger partial charge in [-0.15, -0.1) is 0 Å². The quantitative estimate of drug-likeness (QED) is 0.674. The molecule has 0 N–H and O–H groups in total. The third-order valence-corrected chi connectivity index (χ3v) is 3.66. The molecule has 1 heterocycles. The highest BCUT2D eigenvalue weighted by atomic mass is 14.9. The highest BCUT2D eigenvalue weighted by Crippen LogP contribution is 2.26. The van der Waals surface area contributed by atoms with Crippen molar-refractivity contribution < 1.29 is 0 Å². The van der Waals surface area contributed by atoms with Crippen molar-refractivity contribution in [2.24, 2.45) is 0 Å². The predicted octanol–water partition coefficient (Wildman–Crippen LogP) is 4.74. The summed E-state index contributed by atoms with van der Waals surface area (Å²) in [5.41, 5.74) is 6.65. The molecule has 0 fully saturated rings. The van der Waals surface area contributed by atoms with Gasteiger partial charge in [0.25, 0.3) is 0 Å². The van der Waals surface area contributed by atoms with Crippen LogP contribution in [0.3, 0.4) is 0 Å². The highest BCUT2D eigenvalue weighted by Gasteiger charge is 2.09. The monoisotopic (exact) mass is 274 g/mol. The van der Waals surface area contributed by atoms with E-state index >= 15 is 0 Å². The molecule has 21 heavy (non-hydrogen) atoms. The highest BCUT2D eigenvalue weighted by molar-refractivity contribution is 5.68. The number of aromatic nitrogens is 2. The van der Waals surface area contributed by atoms with Crippen molar-refractivity contribution in [1.82, 2.24) is 9.97 Å². The maximum absolute atomic E-state index is 4.78. The Kier molecular flexibility index (Phi) is 3.53. The first-order chi connectivity index (χ1) is 10.1. The van der Waals surface area contributed by atoms with Crippen molar-refractivity contribution in [3.05, 3.63) is 71.4 Å². The van der Waals surface area contributed by atoms with Crippen LogP contribution in [0.4, 0.5) is 0 Å². The Bertz CT molecular complexity index is 727. The third kappa shape index (κ3) is 2.70. The van der Waals surface area contributed by atoms with E-state index in [2.05, 4.69) is 49.2 Å². The van der Waals surface area contributed by atoms with Crippen LogP contribution in [0, 0.1) is 20.8 Å². The van der Waals surface area contributed by atoms with E-state index in [1.807, 2.05) is 31.2 Å². The van der Waals surface area contributed by atoms with Crippen molar-refractivity contribution in [1.29, 1.82) is 0 Å². The Morgan fingerprint density at radius 1 is 0.667 bits per heavy atom. The Labute approximate surface area is 125 Å². The number of benzene rings is 2. The molecule has 0 bridgehead atoms. The molecule has 1 aromatic heterocycles. The molecule has 0 radical (unpaired) electrons. The zero-order valence-electron chi connectivity index (χ0n) is 12.6. The maximum Gasteiger partial charge on any atom is 0.160 e. The average molecular weight is 274 g/mol. The minimum absolute atomic E-state index is 0.798. The molecule has 0 aliphatic rings. The summed E-state index contributed by atoms with van der Waals surface area (Å²) in [5, 5.41) is 0. The van der Waals surface area contributed by atoms with Gasteiger partial charge in [0.2, 0.25) is 0 Å². The zero-order valence-corrected chi connectivity index (χ0v) is 12.6. The Morgan fingerprint density at radius 3 is 1.86 bits per heavy atom. The molecule has 3 aromatic rings. The lowest BCUT2D eigenvalue weighted by molar-refractivity contribution is 1.11. The first-order valence-corrected chi connectivity index (χ1v) is 7.13. The molecule has 2 heteroatoms. The standard InChI is InChI=1S/C19H18N2/c1-13-8-4-6-10-16(13)18-12-15(3)20-19(21-18)17-11-7-5-9-14(17)2/h4-12H,1-3H3. The molecule has 104 valence electrons. The lowest BCUT2D eigenvalue weighted by Crippen LogP contribution is -1.97. The normalized spacial score (nSPS) is 10.6. The van der Waals surface area contributed by atoms with E-state index in [0.29, 0.717) is 0 Å². The fourth-order valence-electron chi connectivity index (χ4n) is 2.51. The minimum Gasteiger partial charge on any atom is -0.233 e. The number of hydrogen-bond acceptors (Lipinski definition) is 2. The van der Waals surface area contributed by atoms with Crippen molar-refractivity contribution >= 4 is 0 Å². The molecule has 2 aromatic carbocycles. The Morgan fingerprint density at radius 2 is 1.24 bits per heavy atom. The van der Waals surface area contributed by atoms with Crippen LogP contribution in [-0.4, -0.2) is 9.97 Å². The lowest BCUT2D eigenvalue weighted by Gasteiger charge is -2.10. The van der Waals surface area contributed by atoms with Crippen molar-refractivity contribution in [2.45, 2.75) is 20.8 Å². The first kappa shape index (κ1) is 13.5. The molecule has 0 atom stereocenters. The van der Waals surface area contributed by atoms with Crippen LogP contribution in [0.2, 0.25) is 0 Å². The summed E-state index contributed by atoms with van der Waals surface area (Å²) in [7, 11) is 0. The second kappa shape index (κ2) is 5.49. The number of nitrogens with zero attached hydrogens (tertiary/aromatic N) is 2. The van der Waals surface area contributed by atoms with Gasteiger partial charge in [-0.1, -0.05) is 48.5 Å². The molecule has 2 nitrogen and oxygen atoms in total. The second-order valence-corrected chi connectivity index (χ2v) is 5.35. The van der Waals surface area contributed by atoms with Gasteiger partial charge in [-0.2, -0.15) is 0 Å². The summed E-state index contributed by atoms with van der Waals surface area (Å²) in [5.74, 6) is 0.798. The van der Waals surface area contributed by atoms with Gasteiger partial charge in [-0.3, -0.25) is 0 Å². The topological polar surface area (TPSA) is 25.8 Å². The molecule has 0 saturated carbocycles. The van der Waals surface area contributed by atoms with Gasteiger partial charge in [0.1, 0.15) is 0 Å². The first-order valence-electron chi connectivity index (χ1n) is 7.13. The van der Waals surface area contributed by atoms with Crippen molar-refractivity contribution in [3.63, 3.8) is 0 Å². The van der Waals surface area contributed by atoms with Crippen LogP contribution >= 0.6 is 0 Å². The molecular weight excluding hydrogens is 256 g/mol. The summed E-state index contributed by atoms with van der Waals surface area (Å²) >= 11 is 0. The lowest BCUT2D eigenvalue weighted by atomic mass is 10.0. The fraction of sp³-hybridized carbons (Fsp3) is 0.158. The van der Waals surface area contributed by atoms with E-state index in [1.165, 1.54) is 11.1 Å². The van der Waals surface area contributed by atoms with E-state index in [9.17, 15) is 0 Å². The van der Waals surface area contributed by atoms with Gasteiger partial charge in [-0.25, -0.2) is 9.97 Å². The predicted molar refractivity (Wildman–Crippen MR) is 87.1 cm³/mol. The van der Waals surface area contributed by atoms with Crippen molar-refractivity contribution in [3.8, 4) is 22.6 Å². The molecule has 0 amide bonds. The van der Waals surface area contributed by atoms with Gasteiger partial charge in [0.15, 0.2) is 5.82 Å². The van der Waals surface area contributed by atoms with Crippen LogP contribution in [0.25, 0.3) is 22.6 Å². The van der Waals surface area contributed by atoms with E-state index in [1.54, 1.807) is 0 Å². The molecule has 3 rings (SSSR count). The summed E-state index contributed by atoms with van der Waals surface area (Å²) in [6.07, 6.45) is 0. The van der Waals surface area contributed by atoms with Crippen LogP contribution in [0.5, 0.6) is 0 Å². The van der Waals surface area contributed by atoms with Crippen LogP contribution < -0.4 is 0 Å². The van der Waals surface area contributed by atoms with E-state index in [4.69, 9.17) is 4.98 Å². The van der Waals surface area contributed by atoms with Gasteiger partial charge in [0.05, 0.1) is 5.69 Å². The average Bonchev–Trinajstić information content (AvgIpc) is 2.47. The smallest absolute Gasteiger partial charge is 0.160 e. The van der Waals surface area contributed by atoms with E-state index in [0.717, 1.165) is 28.3 Å². The van der Waals surface area contributed by atoms with Gasteiger partial charge in [0, 0.05) is 16.8 Å². The minimum atomic E-state index is 0.798. The van der Waals surface area contributed by atoms with E-state index < -0.39 is 0 Å². The van der Waals surface area contributed by atoms with Crippen LogP contribution in [-0.2, 0) is 0 Å². The number of rotatable bonds is 2. The number of aryl methyl sites for hydroxylation is 3. The molecule has 0 unspecified atom stereocenters. The summed E-state index contributed by atoms with van der Waals surface area (Å²) in [6.45, 7) is 6.22. The summed E-state index contributed by atoms with van der Waals surface area (Å²) in [6, 6.07) is 18.6. The largest absolute Gasteiger partial charge is 0.233 e. The summed E-state index contributed by atoms with van der Waals surface area (Å²) in [4.78, 5) is 9.39. The molecule has 0 aliphatic heterocycles. The van der Waals surface area contributed by atoms with Crippen molar-refractivity contribution in [2.75, 3.05) is 0 Å². The summed E-state index contributed by atoms with van der Waals surface area (Å²) < 4.78 is 0. The maximum atomic E-state index is 4.78. The SMILES string of the molecule is Cc1cc(-c2ccccc2C)nc(-c2ccccc2C)n1. The Balaban J connectivity index is 2.18. The Hall–Kier alpha value is -2.48.